The van der Waals surface area contributed by atoms with Gasteiger partial charge in [-0.25, -0.2) is 0 Å². The van der Waals surface area contributed by atoms with E-state index in [0.717, 1.165) is 12.0 Å². The quantitative estimate of drug-likeness (QED) is 0.772. The third kappa shape index (κ3) is 3.34. The summed E-state index contributed by atoms with van der Waals surface area (Å²) in [6, 6.07) is 0.793. The van der Waals surface area contributed by atoms with Crippen LogP contribution in [0.1, 0.15) is 61.3 Å². The predicted molar refractivity (Wildman–Crippen MR) is 98.8 cm³/mol. The fourth-order valence-electron chi connectivity index (χ4n) is 4.84. The smallest absolute Gasteiger partial charge is 0.0238 e. The van der Waals surface area contributed by atoms with Gasteiger partial charge in [0.2, 0.25) is 0 Å². The molecule has 3 saturated heterocycles. The number of likely N-dealkylation sites (tertiary alicyclic amines) is 3. The first kappa shape index (κ1) is 17.7. The van der Waals surface area contributed by atoms with Crippen LogP contribution in [-0.4, -0.2) is 71.1 Å². The molecule has 0 aliphatic carbocycles. The predicted octanol–water partition coefficient (Wildman–Crippen LogP) is 3.30. The minimum absolute atomic E-state index is 0.349. The lowest BCUT2D eigenvalue weighted by atomic mass is 9.64. The summed E-state index contributed by atoms with van der Waals surface area (Å²) >= 11 is 0. The minimum atomic E-state index is 0.349. The Balaban J connectivity index is 1.43. The fraction of sp³-hybridized carbons (Fsp3) is 1.00. The van der Waals surface area contributed by atoms with Gasteiger partial charge in [-0.05, 0) is 80.3 Å². The Morgan fingerprint density at radius 3 is 1.78 bits per heavy atom. The Labute approximate surface area is 144 Å². The van der Waals surface area contributed by atoms with Crippen LogP contribution in [0, 0.1) is 11.3 Å². The van der Waals surface area contributed by atoms with Crippen molar-refractivity contribution in [3.63, 3.8) is 0 Å². The molecule has 0 saturated carbocycles. The van der Waals surface area contributed by atoms with Crippen LogP contribution in [0.5, 0.6) is 0 Å². The van der Waals surface area contributed by atoms with Gasteiger partial charge < -0.3 is 0 Å². The van der Waals surface area contributed by atoms with Crippen LogP contribution < -0.4 is 0 Å². The van der Waals surface area contributed by atoms with Gasteiger partial charge in [0.15, 0.2) is 0 Å². The molecule has 0 N–H and O–H groups in total. The maximum absolute atomic E-state index is 2.78. The Hall–Kier alpha value is -0.120. The molecule has 1 spiro atoms. The molecule has 3 heteroatoms. The first-order chi connectivity index (χ1) is 10.5. The second-order valence-corrected chi connectivity index (χ2v) is 10.6. The Morgan fingerprint density at radius 2 is 1.35 bits per heavy atom. The molecule has 0 aromatic carbocycles. The normalized spacial score (nSPS) is 31.2. The Morgan fingerprint density at radius 1 is 0.826 bits per heavy atom. The van der Waals surface area contributed by atoms with Gasteiger partial charge in [0.1, 0.15) is 0 Å². The molecule has 0 radical (unpaired) electrons. The molecule has 0 amide bonds. The van der Waals surface area contributed by atoms with E-state index in [1.807, 2.05) is 0 Å². The van der Waals surface area contributed by atoms with Crippen LogP contribution in [0.25, 0.3) is 0 Å². The molecule has 0 aromatic rings. The summed E-state index contributed by atoms with van der Waals surface area (Å²) in [5.41, 5.74) is 1.33. The Bertz CT molecular complexity index is 417. The van der Waals surface area contributed by atoms with Crippen LogP contribution in [0.4, 0.5) is 0 Å². The molecule has 3 nitrogen and oxygen atoms in total. The average molecular weight is 322 g/mol. The average Bonchev–Trinajstić information content (AvgIpc) is 2.38. The zero-order chi connectivity index (χ0) is 17.0. The van der Waals surface area contributed by atoms with Gasteiger partial charge in [0, 0.05) is 48.7 Å². The molecule has 134 valence electrons. The van der Waals surface area contributed by atoms with Crippen LogP contribution >= 0.6 is 0 Å². The summed E-state index contributed by atoms with van der Waals surface area (Å²) in [6.07, 6.45) is 2.78. The SMILES string of the molecule is CC1N(CC2CCN(C(C)(C)C)CC2)CC12CN(C(C)(C)C)C2. The summed E-state index contributed by atoms with van der Waals surface area (Å²) in [5, 5.41) is 0. The van der Waals surface area contributed by atoms with Crippen molar-refractivity contribution < 1.29 is 0 Å². The van der Waals surface area contributed by atoms with Gasteiger partial charge in [0.05, 0.1) is 0 Å². The summed E-state index contributed by atoms with van der Waals surface area (Å²) < 4.78 is 0. The van der Waals surface area contributed by atoms with Crippen molar-refractivity contribution in [3.8, 4) is 0 Å². The number of piperidine rings is 1. The summed E-state index contributed by atoms with van der Waals surface area (Å²) in [4.78, 5) is 8.09. The number of hydrogen-bond donors (Lipinski definition) is 0. The van der Waals surface area contributed by atoms with E-state index < -0.39 is 0 Å². The van der Waals surface area contributed by atoms with E-state index in [0.29, 0.717) is 16.5 Å². The Kier molecular flexibility index (Phi) is 4.39. The monoisotopic (exact) mass is 321 g/mol. The first-order valence-electron chi connectivity index (χ1n) is 9.75. The van der Waals surface area contributed by atoms with Gasteiger partial charge in [-0.3, -0.25) is 14.7 Å². The van der Waals surface area contributed by atoms with Crippen molar-refractivity contribution in [2.45, 2.75) is 78.4 Å². The standard InChI is InChI=1S/C20H39N3/c1-16-20(14-23(15-20)19(5,6)7)13-21(16)12-17-8-10-22(11-9-17)18(2,3)4/h16-17H,8-15H2,1-7H3. The van der Waals surface area contributed by atoms with Crippen LogP contribution in [0.3, 0.4) is 0 Å². The van der Waals surface area contributed by atoms with E-state index in [9.17, 15) is 0 Å². The lowest BCUT2D eigenvalue weighted by Crippen LogP contribution is -2.78. The zero-order valence-corrected chi connectivity index (χ0v) is 16.7. The van der Waals surface area contributed by atoms with Crippen LogP contribution in [0.2, 0.25) is 0 Å². The number of hydrogen-bond acceptors (Lipinski definition) is 3. The van der Waals surface area contributed by atoms with E-state index in [2.05, 4.69) is 63.2 Å². The molecule has 3 aliphatic rings. The lowest BCUT2D eigenvalue weighted by Gasteiger charge is -2.68. The molecule has 1 atom stereocenters. The van der Waals surface area contributed by atoms with E-state index in [-0.39, 0.29) is 0 Å². The minimum Gasteiger partial charge on any atom is -0.299 e. The fourth-order valence-corrected chi connectivity index (χ4v) is 4.84. The van der Waals surface area contributed by atoms with Crippen LogP contribution in [-0.2, 0) is 0 Å². The number of nitrogens with zero attached hydrogens (tertiary/aromatic N) is 3. The summed E-state index contributed by atoms with van der Waals surface area (Å²) in [7, 11) is 0. The number of rotatable bonds is 2. The summed E-state index contributed by atoms with van der Waals surface area (Å²) in [6.45, 7) is 24.5. The van der Waals surface area contributed by atoms with Crippen molar-refractivity contribution in [3.05, 3.63) is 0 Å². The molecule has 1 unspecified atom stereocenters. The van der Waals surface area contributed by atoms with E-state index >= 15 is 0 Å². The first-order valence-corrected chi connectivity index (χ1v) is 9.75. The molecule has 23 heavy (non-hydrogen) atoms. The zero-order valence-electron chi connectivity index (χ0n) is 16.7. The van der Waals surface area contributed by atoms with Crippen molar-refractivity contribution in [2.75, 3.05) is 39.3 Å². The van der Waals surface area contributed by atoms with Crippen LogP contribution in [0.15, 0.2) is 0 Å². The van der Waals surface area contributed by atoms with E-state index in [1.165, 1.54) is 52.1 Å². The molecule has 0 bridgehead atoms. The van der Waals surface area contributed by atoms with Gasteiger partial charge in [-0.2, -0.15) is 0 Å². The van der Waals surface area contributed by atoms with E-state index in [4.69, 9.17) is 0 Å². The van der Waals surface area contributed by atoms with Gasteiger partial charge in [0.25, 0.3) is 0 Å². The van der Waals surface area contributed by atoms with Gasteiger partial charge in [-0.15, -0.1) is 0 Å². The lowest BCUT2D eigenvalue weighted by molar-refractivity contribution is -0.185. The maximum Gasteiger partial charge on any atom is 0.0238 e. The highest BCUT2D eigenvalue weighted by Crippen LogP contribution is 2.48. The molecule has 3 aliphatic heterocycles. The highest BCUT2D eigenvalue weighted by atomic mass is 15.4. The molecule has 3 rings (SSSR count). The molecule has 0 aromatic heterocycles. The second-order valence-electron chi connectivity index (χ2n) is 10.6. The maximum atomic E-state index is 2.78. The second kappa shape index (κ2) is 5.71. The summed E-state index contributed by atoms with van der Waals surface area (Å²) in [5.74, 6) is 0.923. The molecular formula is C20H39N3. The topological polar surface area (TPSA) is 9.72 Å². The van der Waals surface area contributed by atoms with Gasteiger partial charge >= 0.3 is 0 Å². The highest BCUT2D eigenvalue weighted by molar-refractivity contribution is 5.13. The van der Waals surface area contributed by atoms with Crippen molar-refractivity contribution in [2.24, 2.45) is 11.3 Å². The largest absolute Gasteiger partial charge is 0.299 e. The molecule has 3 heterocycles. The third-order valence-electron chi connectivity index (χ3n) is 6.97. The van der Waals surface area contributed by atoms with Crippen molar-refractivity contribution >= 4 is 0 Å². The highest BCUT2D eigenvalue weighted by Gasteiger charge is 2.58. The van der Waals surface area contributed by atoms with Crippen molar-refractivity contribution in [1.82, 2.24) is 14.7 Å². The van der Waals surface area contributed by atoms with E-state index in [1.54, 1.807) is 0 Å². The molecular weight excluding hydrogens is 282 g/mol. The van der Waals surface area contributed by atoms with Crippen molar-refractivity contribution in [1.29, 1.82) is 0 Å². The molecule has 3 fully saturated rings. The van der Waals surface area contributed by atoms with Gasteiger partial charge in [-0.1, -0.05) is 0 Å². The third-order valence-corrected chi connectivity index (χ3v) is 6.97.